The van der Waals surface area contributed by atoms with Gasteiger partial charge in [-0.2, -0.15) is 0 Å². The SMILES string of the molecule is CC.CC.CCc1ccccc1C(=O)N(C)c1cccc(C)c1.CCc1ccccc1C(=O)N(C)c1cccc(C)c1. The first kappa shape index (κ1) is 35.8. The van der Waals surface area contributed by atoms with Crippen molar-refractivity contribution in [2.45, 2.75) is 68.2 Å². The molecule has 0 aromatic heterocycles. The largest absolute Gasteiger partial charge is 0.311 e. The summed E-state index contributed by atoms with van der Waals surface area (Å²) in [6, 6.07) is 31.6. The van der Waals surface area contributed by atoms with E-state index in [-0.39, 0.29) is 11.8 Å². The van der Waals surface area contributed by atoms with Crippen LogP contribution in [0.4, 0.5) is 11.4 Å². The standard InChI is InChI=1S/2C17H19NO.2C2H6/c2*1-4-14-9-5-6-11-16(14)17(19)18(3)15-10-7-8-13(2)12-15;2*1-2/h2*5-12H,4H2,1-3H3;2*1-2H3. The molecule has 4 aromatic carbocycles. The third-order valence-electron chi connectivity index (χ3n) is 6.64. The number of nitrogens with zero attached hydrogens (tertiary/aromatic N) is 2. The van der Waals surface area contributed by atoms with Gasteiger partial charge in [0.1, 0.15) is 0 Å². The second-order valence-electron chi connectivity index (χ2n) is 9.43. The normalized spacial score (nSPS) is 9.57. The minimum absolute atomic E-state index is 0.0445. The van der Waals surface area contributed by atoms with E-state index in [1.807, 2.05) is 153 Å². The van der Waals surface area contributed by atoms with Crippen molar-refractivity contribution < 1.29 is 9.59 Å². The van der Waals surface area contributed by atoms with Crippen LogP contribution in [0.2, 0.25) is 0 Å². The molecule has 0 aliphatic heterocycles. The van der Waals surface area contributed by atoms with Gasteiger partial charge in [-0.15, -0.1) is 0 Å². The monoisotopic (exact) mass is 566 g/mol. The van der Waals surface area contributed by atoms with Crippen LogP contribution in [0.5, 0.6) is 0 Å². The first-order valence-corrected chi connectivity index (χ1v) is 15.1. The van der Waals surface area contributed by atoms with Crippen LogP contribution < -0.4 is 9.80 Å². The Morgan fingerprint density at radius 1 is 0.524 bits per heavy atom. The Bertz CT molecular complexity index is 1290. The van der Waals surface area contributed by atoms with Crippen molar-refractivity contribution in [2.24, 2.45) is 0 Å². The van der Waals surface area contributed by atoms with Crippen LogP contribution >= 0.6 is 0 Å². The van der Waals surface area contributed by atoms with Gasteiger partial charge in [0, 0.05) is 36.6 Å². The van der Waals surface area contributed by atoms with Crippen molar-refractivity contribution in [1.29, 1.82) is 0 Å². The molecule has 4 rings (SSSR count). The van der Waals surface area contributed by atoms with E-state index in [2.05, 4.69) is 13.8 Å². The summed E-state index contributed by atoms with van der Waals surface area (Å²) in [5.74, 6) is 0.0890. The highest BCUT2D eigenvalue weighted by Crippen LogP contribution is 2.20. The molecule has 42 heavy (non-hydrogen) atoms. The Kier molecular flexibility index (Phi) is 16.2. The highest BCUT2D eigenvalue weighted by molar-refractivity contribution is 6.07. The topological polar surface area (TPSA) is 40.6 Å². The zero-order valence-electron chi connectivity index (χ0n) is 27.4. The van der Waals surface area contributed by atoms with Gasteiger partial charge in [0.15, 0.2) is 0 Å². The van der Waals surface area contributed by atoms with Gasteiger partial charge in [-0.3, -0.25) is 9.59 Å². The van der Waals surface area contributed by atoms with Gasteiger partial charge < -0.3 is 9.80 Å². The third kappa shape index (κ3) is 10.0. The van der Waals surface area contributed by atoms with Crippen LogP contribution in [-0.2, 0) is 12.8 Å². The van der Waals surface area contributed by atoms with Crippen molar-refractivity contribution in [1.82, 2.24) is 0 Å². The van der Waals surface area contributed by atoms with Crippen LogP contribution in [0.1, 0.15) is 84.5 Å². The molecule has 0 bridgehead atoms. The van der Waals surface area contributed by atoms with Crippen LogP contribution in [0.25, 0.3) is 0 Å². The molecule has 0 aliphatic rings. The lowest BCUT2D eigenvalue weighted by molar-refractivity contribution is 0.0984. The van der Waals surface area contributed by atoms with E-state index in [4.69, 9.17) is 0 Å². The molecule has 0 unspecified atom stereocenters. The van der Waals surface area contributed by atoms with E-state index in [0.29, 0.717) is 0 Å². The molecule has 224 valence electrons. The van der Waals surface area contributed by atoms with Crippen LogP contribution in [0.3, 0.4) is 0 Å². The first-order valence-electron chi connectivity index (χ1n) is 15.1. The molecule has 4 aromatic rings. The maximum absolute atomic E-state index is 12.6. The first-order chi connectivity index (χ1) is 20.3. The maximum atomic E-state index is 12.6. The van der Waals surface area contributed by atoms with Gasteiger partial charge in [0.25, 0.3) is 11.8 Å². The Hall–Kier alpha value is -4.18. The van der Waals surface area contributed by atoms with Gasteiger partial charge in [-0.25, -0.2) is 0 Å². The van der Waals surface area contributed by atoms with Crippen molar-refractivity contribution >= 4 is 23.2 Å². The Morgan fingerprint density at radius 2 is 0.857 bits per heavy atom. The van der Waals surface area contributed by atoms with E-state index in [0.717, 1.165) is 57.6 Å². The summed E-state index contributed by atoms with van der Waals surface area (Å²) in [5.41, 5.74) is 7.91. The predicted molar refractivity (Wildman–Crippen MR) is 182 cm³/mol. The molecule has 0 atom stereocenters. The van der Waals surface area contributed by atoms with Gasteiger partial charge in [0.05, 0.1) is 0 Å². The van der Waals surface area contributed by atoms with Crippen LogP contribution in [0.15, 0.2) is 97.1 Å². The van der Waals surface area contributed by atoms with Crippen LogP contribution in [0, 0.1) is 13.8 Å². The smallest absolute Gasteiger partial charge is 0.258 e. The maximum Gasteiger partial charge on any atom is 0.258 e. The van der Waals surface area contributed by atoms with Gasteiger partial charge in [-0.1, -0.05) is 102 Å². The number of benzene rings is 4. The van der Waals surface area contributed by atoms with Crippen LogP contribution in [-0.4, -0.2) is 25.9 Å². The van der Waals surface area contributed by atoms with E-state index < -0.39 is 0 Å². The summed E-state index contributed by atoms with van der Waals surface area (Å²) in [4.78, 5) is 28.5. The summed E-state index contributed by atoms with van der Waals surface area (Å²) in [5, 5.41) is 0. The van der Waals surface area contributed by atoms with Gasteiger partial charge >= 0.3 is 0 Å². The zero-order chi connectivity index (χ0) is 31.7. The van der Waals surface area contributed by atoms with E-state index in [1.54, 1.807) is 9.80 Å². The summed E-state index contributed by atoms with van der Waals surface area (Å²) < 4.78 is 0. The lowest BCUT2D eigenvalue weighted by atomic mass is 10.0. The minimum atomic E-state index is 0.0445. The number of hydrogen-bond donors (Lipinski definition) is 0. The zero-order valence-corrected chi connectivity index (χ0v) is 27.4. The fraction of sp³-hybridized carbons (Fsp3) is 0.316. The molecular weight excluding hydrogens is 516 g/mol. The Balaban J connectivity index is 0.000000376. The number of anilines is 2. The molecule has 0 saturated carbocycles. The lowest BCUT2D eigenvalue weighted by Gasteiger charge is -2.19. The van der Waals surface area contributed by atoms with Crippen molar-refractivity contribution in [3.63, 3.8) is 0 Å². The summed E-state index contributed by atoms with van der Waals surface area (Å²) in [6.07, 6.45) is 1.73. The fourth-order valence-corrected chi connectivity index (χ4v) is 4.34. The van der Waals surface area contributed by atoms with Crippen molar-refractivity contribution in [3.05, 3.63) is 130 Å². The molecule has 0 aliphatic carbocycles. The molecule has 0 N–H and O–H groups in total. The third-order valence-corrected chi connectivity index (χ3v) is 6.64. The summed E-state index contributed by atoms with van der Waals surface area (Å²) >= 11 is 0. The van der Waals surface area contributed by atoms with E-state index >= 15 is 0 Å². The number of aryl methyl sites for hydroxylation is 4. The minimum Gasteiger partial charge on any atom is -0.311 e. The Morgan fingerprint density at radius 3 is 1.17 bits per heavy atom. The quantitative estimate of drug-likeness (QED) is 0.233. The molecule has 0 spiro atoms. The highest BCUT2D eigenvalue weighted by Gasteiger charge is 2.17. The molecule has 0 radical (unpaired) electrons. The Labute approximate surface area is 255 Å². The molecule has 0 fully saturated rings. The van der Waals surface area contributed by atoms with E-state index in [9.17, 15) is 9.59 Å². The predicted octanol–water partition coefficient (Wildman–Crippen LogP) is 9.72. The second kappa shape index (κ2) is 19.0. The number of carbonyl (C=O) groups excluding carboxylic acids is 2. The van der Waals surface area contributed by atoms with Gasteiger partial charge in [-0.05, 0) is 85.3 Å². The number of amides is 2. The number of hydrogen-bond acceptors (Lipinski definition) is 2. The van der Waals surface area contributed by atoms with Crippen molar-refractivity contribution in [3.8, 4) is 0 Å². The second-order valence-corrected chi connectivity index (χ2v) is 9.43. The average Bonchev–Trinajstić information content (AvgIpc) is 3.05. The molecule has 4 nitrogen and oxygen atoms in total. The number of carbonyl (C=O) groups is 2. The number of rotatable bonds is 6. The molecule has 2 amide bonds. The molecular formula is C38H50N2O2. The van der Waals surface area contributed by atoms with E-state index in [1.165, 1.54) is 0 Å². The van der Waals surface area contributed by atoms with Gasteiger partial charge in [0.2, 0.25) is 0 Å². The summed E-state index contributed by atoms with van der Waals surface area (Å²) in [7, 11) is 3.65. The molecule has 0 saturated heterocycles. The molecule has 0 heterocycles. The summed E-state index contributed by atoms with van der Waals surface area (Å²) in [6.45, 7) is 16.2. The lowest BCUT2D eigenvalue weighted by Crippen LogP contribution is -2.27. The van der Waals surface area contributed by atoms with Crippen molar-refractivity contribution in [2.75, 3.05) is 23.9 Å². The molecule has 4 heteroatoms. The average molecular weight is 567 g/mol. The fourth-order valence-electron chi connectivity index (χ4n) is 4.34. The highest BCUT2D eigenvalue weighted by atomic mass is 16.2.